The molecule has 7 nitrogen and oxygen atoms in total. The highest BCUT2D eigenvalue weighted by Crippen LogP contribution is 2.08. The maximum atomic E-state index is 11.8. The van der Waals surface area contributed by atoms with Crippen molar-refractivity contribution in [1.82, 2.24) is 9.97 Å². The van der Waals surface area contributed by atoms with Crippen molar-refractivity contribution in [2.75, 3.05) is 5.32 Å². The van der Waals surface area contributed by atoms with E-state index in [1.807, 2.05) is 13.0 Å². The van der Waals surface area contributed by atoms with Gasteiger partial charge >= 0.3 is 0 Å². The first-order valence-corrected chi connectivity index (χ1v) is 6.14. The monoisotopic (exact) mass is 289 g/mol. The summed E-state index contributed by atoms with van der Waals surface area (Å²) in [6.45, 7) is 1.77. The Kier molecular flexibility index (Phi) is 6.33. The van der Waals surface area contributed by atoms with Crippen LogP contribution in [0.15, 0.2) is 41.3 Å². The Morgan fingerprint density at radius 3 is 2.76 bits per heavy atom. The van der Waals surface area contributed by atoms with Gasteiger partial charge in [0.1, 0.15) is 11.5 Å². The van der Waals surface area contributed by atoms with Gasteiger partial charge in [-0.05, 0) is 30.2 Å². The molecule has 7 heteroatoms. The van der Waals surface area contributed by atoms with Crippen molar-refractivity contribution in [1.29, 1.82) is 0 Å². The minimum absolute atomic E-state index is 0.214. The summed E-state index contributed by atoms with van der Waals surface area (Å²) in [6, 6.07) is 8.12. The van der Waals surface area contributed by atoms with Gasteiger partial charge in [0.2, 0.25) is 5.56 Å². The van der Waals surface area contributed by atoms with Crippen LogP contribution in [-0.2, 0) is 11.2 Å². The van der Waals surface area contributed by atoms with Crippen molar-refractivity contribution in [3.8, 4) is 0 Å². The predicted octanol–water partition coefficient (Wildman–Crippen LogP) is 1.29. The summed E-state index contributed by atoms with van der Waals surface area (Å²) in [6.07, 6.45) is 2.51. The molecule has 110 valence electrons. The molecule has 0 bridgehead atoms. The van der Waals surface area contributed by atoms with Crippen LogP contribution in [0.4, 0.5) is 5.82 Å². The number of nitrogens with one attached hydrogen (secondary N) is 2. The molecule has 0 atom stereocenters. The lowest BCUT2D eigenvalue weighted by molar-refractivity contribution is -0.122. The fraction of sp³-hybridized carbons (Fsp3) is 0.143. The molecular formula is C14H15N3O4. The molecule has 3 N–H and O–H groups in total. The summed E-state index contributed by atoms with van der Waals surface area (Å²) >= 11 is 0. The number of carbonyl (C=O) groups excluding carboxylic acids is 1. The average Bonchev–Trinajstić information content (AvgIpc) is 2.48. The summed E-state index contributed by atoms with van der Waals surface area (Å²) < 4.78 is 0. The predicted molar refractivity (Wildman–Crippen MR) is 77.3 cm³/mol. The smallest absolute Gasteiger partial charge is 0.290 e. The van der Waals surface area contributed by atoms with Gasteiger partial charge < -0.3 is 15.4 Å². The number of hydrogen-bond acceptors (Lipinski definition) is 4. The average molecular weight is 289 g/mol. The number of carbonyl (C=O) groups is 2. The van der Waals surface area contributed by atoms with Crippen LogP contribution in [0.25, 0.3) is 0 Å². The van der Waals surface area contributed by atoms with Gasteiger partial charge in [-0.15, -0.1) is 0 Å². The number of amides is 1. The molecule has 0 saturated heterocycles. The van der Waals surface area contributed by atoms with Crippen molar-refractivity contribution in [3.63, 3.8) is 0 Å². The second-order valence-electron chi connectivity index (χ2n) is 3.89. The SMILES string of the molecule is CCc1ccnc(NC(=O)c2cccc(=O)[nH]2)c1.O=CO. The Labute approximate surface area is 120 Å². The van der Waals surface area contributed by atoms with Gasteiger partial charge in [-0.3, -0.25) is 14.4 Å². The Morgan fingerprint density at radius 2 is 2.14 bits per heavy atom. The molecule has 1 amide bonds. The van der Waals surface area contributed by atoms with Crippen LogP contribution < -0.4 is 10.9 Å². The number of pyridine rings is 2. The fourth-order valence-electron chi connectivity index (χ4n) is 1.53. The fourth-order valence-corrected chi connectivity index (χ4v) is 1.53. The summed E-state index contributed by atoms with van der Waals surface area (Å²) in [4.78, 5) is 37.8. The molecular weight excluding hydrogens is 274 g/mol. The quantitative estimate of drug-likeness (QED) is 0.737. The minimum Gasteiger partial charge on any atom is -0.483 e. The summed E-state index contributed by atoms with van der Waals surface area (Å²) in [5, 5.41) is 9.53. The number of nitrogens with zero attached hydrogens (tertiary/aromatic N) is 1. The Balaban J connectivity index is 0.000000677. The van der Waals surface area contributed by atoms with E-state index in [-0.39, 0.29) is 23.6 Å². The van der Waals surface area contributed by atoms with Crippen molar-refractivity contribution in [2.45, 2.75) is 13.3 Å². The van der Waals surface area contributed by atoms with Crippen LogP contribution in [0, 0.1) is 0 Å². The van der Waals surface area contributed by atoms with Gasteiger partial charge in [-0.2, -0.15) is 0 Å². The Hall–Kier alpha value is -2.96. The highest BCUT2D eigenvalue weighted by atomic mass is 16.3. The normalized spacial score (nSPS) is 9.19. The highest BCUT2D eigenvalue weighted by Gasteiger charge is 2.07. The van der Waals surface area contributed by atoms with E-state index in [0.717, 1.165) is 12.0 Å². The number of aryl methyl sites for hydroxylation is 1. The number of aromatic nitrogens is 2. The first-order chi connectivity index (χ1) is 10.1. The van der Waals surface area contributed by atoms with Gasteiger partial charge in [0, 0.05) is 12.3 Å². The van der Waals surface area contributed by atoms with E-state index in [9.17, 15) is 9.59 Å². The molecule has 0 unspecified atom stereocenters. The molecule has 0 saturated carbocycles. The number of anilines is 1. The van der Waals surface area contributed by atoms with E-state index in [1.165, 1.54) is 12.1 Å². The second kappa shape index (κ2) is 8.26. The van der Waals surface area contributed by atoms with Crippen LogP contribution in [-0.4, -0.2) is 27.5 Å². The lowest BCUT2D eigenvalue weighted by atomic mass is 10.2. The molecule has 21 heavy (non-hydrogen) atoms. The second-order valence-corrected chi connectivity index (χ2v) is 3.89. The molecule has 0 aromatic carbocycles. The van der Waals surface area contributed by atoms with E-state index in [4.69, 9.17) is 9.90 Å². The van der Waals surface area contributed by atoms with Gasteiger partial charge in [0.05, 0.1) is 0 Å². The zero-order valence-corrected chi connectivity index (χ0v) is 11.4. The van der Waals surface area contributed by atoms with Crippen molar-refractivity contribution in [2.24, 2.45) is 0 Å². The van der Waals surface area contributed by atoms with Crippen LogP contribution in [0.2, 0.25) is 0 Å². The van der Waals surface area contributed by atoms with Gasteiger partial charge in [-0.25, -0.2) is 4.98 Å². The molecule has 0 aliphatic carbocycles. The minimum atomic E-state index is -0.381. The number of hydrogen-bond donors (Lipinski definition) is 3. The number of aromatic amines is 1. The molecule has 2 aromatic rings. The molecule has 0 fully saturated rings. The van der Waals surface area contributed by atoms with E-state index in [2.05, 4.69) is 15.3 Å². The topological polar surface area (TPSA) is 112 Å². The molecule has 0 spiro atoms. The van der Waals surface area contributed by atoms with Crippen LogP contribution in [0.3, 0.4) is 0 Å². The molecule has 0 aliphatic heterocycles. The van der Waals surface area contributed by atoms with Crippen LogP contribution >= 0.6 is 0 Å². The first-order valence-electron chi connectivity index (χ1n) is 6.14. The van der Waals surface area contributed by atoms with Crippen molar-refractivity contribution >= 4 is 18.2 Å². The summed E-state index contributed by atoms with van der Waals surface area (Å²) in [5.41, 5.74) is 0.992. The Bertz CT molecular complexity index is 667. The highest BCUT2D eigenvalue weighted by molar-refractivity contribution is 6.02. The summed E-state index contributed by atoms with van der Waals surface area (Å²) in [5.74, 6) is 0.0949. The molecule has 2 rings (SSSR count). The van der Waals surface area contributed by atoms with Gasteiger partial charge in [0.25, 0.3) is 12.4 Å². The van der Waals surface area contributed by atoms with E-state index in [0.29, 0.717) is 5.82 Å². The lowest BCUT2D eigenvalue weighted by Crippen LogP contribution is -2.18. The molecule has 2 aromatic heterocycles. The van der Waals surface area contributed by atoms with Gasteiger partial charge in [0.15, 0.2) is 0 Å². The van der Waals surface area contributed by atoms with E-state index < -0.39 is 0 Å². The lowest BCUT2D eigenvalue weighted by Gasteiger charge is -2.05. The number of H-pyrrole nitrogens is 1. The van der Waals surface area contributed by atoms with Crippen molar-refractivity contribution in [3.05, 3.63) is 58.1 Å². The standard InChI is InChI=1S/C13H13N3O2.CH2O2/c1-2-9-6-7-14-11(8-9)16-13(18)10-4-3-5-12(17)15-10;2-1-3/h3-8H,2H2,1H3,(H,15,17)(H,14,16,18);1H,(H,2,3). The van der Waals surface area contributed by atoms with Crippen molar-refractivity contribution < 1.29 is 14.7 Å². The summed E-state index contributed by atoms with van der Waals surface area (Å²) in [7, 11) is 0. The zero-order valence-electron chi connectivity index (χ0n) is 11.4. The van der Waals surface area contributed by atoms with Gasteiger partial charge in [-0.1, -0.05) is 13.0 Å². The number of rotatable bonds is 3. The maximum Gasteiger partial charge on any atom is 0.290 e. The first kappa shape index (κ1) is 16.1. The van der Waals surface area contributed by atoms with E-state index >= 15 is 0 Å². The number of carboxylic acid groups (broad SMARTS) is 1. The zero-order chi connectivity index (χ0) is 15.7. The third-order valence-corrected chi connectivity index (χ3v) is 2.49. The van der Waals surface area contributed by atoms with Crippen LogP contribution in [0.5, 0.6) is 0 Å². The molecule has 0 aliphatic rings. The van der Waals surface area contributed by atoms with Crippen LogP contribution in [0.1, 0.15) is 23.0 Å². The third-order valence-electron chi connectivity index (χ3n) is 2.49. The largest absolute Gasteiger partial charge is 0.483 e. The maximum absolute atomic E-state index is 11.8. The Morgan fingerprint density at radius 1 is 1.43 bits per heavy atom. The molecule has 2 heterocycles. The van der Waals surface area contributed by atoms with E-state index in [1.54, 1.807) is 18.3 Å². The molecule has 0 radical (unpaired) electrons. The third kappa shape index (κ3) is 5.27.